The minimum absolute atomic E-state index is 0.298. The molecule has 0 radical (unpaired) electrons. The highest BCUT2D eigenvalue weighted by atomic mass is 16.7. The summed E-state index contributed by atoms with van der Waals surface area (Å²) in [5.74, 6) is 0. The summed E-state index contributed by atoms with van der Waals surface area (Å²) in [5, 5.41) is 11.1. The first kappa shape index (κ1) is 8.44. The van der Waals surface area contributed by atoms with Crippen LogP contribution in [0.15, 0.2) is 0 Å². The Kier molecular flexibility index (Phi) is 2.60. The molecule has 2 aliphatic heterocycles. The standard InChI is InChI=1S/C8H15NO3/c10-8-5-9(12-6-8)7-1-3-11-4-2-7/h7-8,10H,1-6H2/t8-/m1/s1. The minimum atomic E-state index is -0.298. The van der Waals surface area contributed by atoms with Crippen LogP contribution in [0.25, 0.3) is 0 Å². The third-order valence-corrected chi connectivity index (χ3v) is 2.42. The maximum Gasteiger partial charge on any atom is 0.0958 e. The SMILES string of the molecule is O[C@H]1CON(C2CCOCC2)C1. The van der Waals surface area contributed by atoms with Crippen molar-refractivity contribution in [2.24, 2.45) is 0 Å². The molecule has 0 saturated carbocycles. The lowest BCUT2D eigenvalue weighted by Gasteiger charge is -2.29. The van der Waals surface area contributed by atoms with Gasteiger partial charge in [0.1, 0.15) is 0 Å². The van der Waals surface area contributed by atoms with Crippen LogP contribution in [0.2, 0.25) is 0 Å². The van der Waals surface area contributed by atoms with E-state index in [1.807, 2.05) is 5.06 Å². The van der Waals surface area contributed by atoms with Crippen molar-refractivity contribution in [2.75, 3.05) is 26.4 Å². The Morgan fingerprint density at radius 3 is 2.58 bits per heavy atom. The molecule has 70 valence electrons. The van der Waals surface area contributed by atoms with Gasteiger partial charge in [-0.15, -0.1) is 0 Å². The summed E-state index contributed by atoms with van der Waals surface area (Å²) in [6, 6.07) is 0.455. The molecule has 2 aliphatic rings. The van der Waals surface area contributed by atoms with Crippen molar-refractivity contribution in [3.8, 4) is 0 Å². The molecule has 1 N–H and O–H groups in total. The number of aliphatic hydroxyl groups excluding tert-OH is 1. The average Bonchev–Trinajstić information content (AvgIpc) is 2.54. The second kappa shape index (κ2) is 3.70. The van der Waals surface area contributed by atoms with Gasteiger partial charge in [0.05, 0.1) is 19.3 Å². The van der Waals surface area contributed by atoms with Gasteiger partial charge in [-0.25, -0.2) is 0 Å². The highest BCUT2D eigenvalue weighted by molar-refractivity contribution is 4.75. The van der Waals surface area contributed by atoms with Crippen LogP contribution in [0.4, 0.5) is 0 Å². The molecule has 0 bridgehead atoms. The van der Waals surface area contributed by atoms with Crippen LogP contribution in [-0.2, 0) is 9.57 Å². The van der Waals surface area contributed by atoms with Crippen LogP contribution < -0.4 is 0 Å². The van der Waals surface area contributed by atoms with Crippen molar-refractivity contribution in [1.82, 2.24) is 5.06 Å². The van der Waals surface area contributed by atoms with E-state index < -0.39 is 0 Å². The fourth-order valence-electron chi connectivity index (χ4n) is 1.72. The van der Waals surface area contributed by atoms with Gasteiger partial charge in [0.15, 0.2) is 0 Å². The van der Waals surface area contributed by atoms with Crippen molar-refractivity contribution < 1.29 is 14.7 Å². The van der Waals surface area contributed by atoms with Gasteiger partial charge < -0.3 is 9.84 Å². The fraction of sp³-hybridized carbons (Fsp3) is 1.00. The van der Waals surface area contributed by atoms with Gasteiger partial charge >= 0.3 is 0 Å². The molecule has 0 aromatic rings. The van der Waals surface area contributed by atoms with Gasteiger partial charge in [-0.05, 0) is 12.8 Å². The van der Waals surface area contributed by atoms with E-state index in [0.29, 0.717) is 19.2 Å². The largest absolute Gasteiger partial charge is 0.389 e. The first-order chi connectivity index (χ1) is 5.86. The Bertz CT molecular complexity index is 144. The molecular weight excluding hydrogens is 158 g/mol. The van der Waals surface area contributed by atoms with Gasteiger partial charge in [-0.3, -0.25) is 4.84 Å². The molecule has 2 saturated heterocycles. The molecule has 1 atom stereocenters. The molecule has 0 aliphatic carbocycles. The molecular formula is C8H15NO3. The number of nitrogens with zero attached hydrogens (tertiary/aromatic N) is 1. The molecule has 12 heavy (non-hydrogen) atoms. The van der Waals surface area contributed by atoms with E-state index in [1.54, 1.807) is 0 Å². The summed E-state index contributed by atoms with van der Waals surface area (Å²) in [5.41, 5.74) is 0. The summed E-state index contributed by atoms with van der Waals surface area (Å²) in [7, 11) is 0. The monoisotopic (exact) mass is 173 g/mol. The summed E-state index contributed by atoms with van der Waals surface area (Å²) < 4.78 is 5.24. The maximum absolute atomic E-state index is 9.23. The Labute approximate surface area is 72.0 Å². The summed E-state index contributed by atoms with van der Waals surface area (Å²) in [6.07, 6.45) is 1.74. The van der Waals surface area contributed by atoms with Gasteiger partial charge in [0.2, 0.25) is 0 Å². The molecule has 0 unspecified atom stereocenters. The zero-order valence-corrected chi connectivity index (χ0v) is 7.11. The number of rotatable bonds is 1. The zero-order valence-electron chi connectivity index (χ0n) is 7.11. The summed E-state index contributed by atoms with van der Waals surface area (Å²) in [4.78, 5) is 5.33. The second-order valence-corrected chi connectivity index (χ2v) is 3.39. The molecule has 2 fully saturated rings. The predicted molar refractivity (Wildman–Crippen MR) is 42.5 cm³/mol. The Morgan fingerprint density at radius 2 is 2.00 bits per heavy atom. The average molecular weight is 173 g/mol. The first-order valence-corrected chi connectivity index (χ1v) is 4.51. The summed E-state index contributed by atoms with van der Waals surface area (Å²) >= 11 is 0. The van der Waals surface area contributed by atoms with Crippen molar-refractivity contribution in [3.05, 3.63) is 0 Å². The van der Waals surface area contributed by atoms with Crippen LogP contribution in [0.1, 0.15) is 12.8 Å². The highest BCUT2D eigenvalue weighted by Crippen LogP contribution is 2.18. The van der Waals surface area contributed by atoms with E-state index >= 15 is 0 Å². The lowest BCUT2D eigenvalue weighted by molar-refractivity contribution is -0.159. The van der Waals surface area contributed by atoms with Gasteiger partial charge in [-0.2, -0.15) is 5.06 Å². The van der Waals surface area contributed by atoms with Gasteiger partial charge in [0, 0.05) is 19.3 Å². The van der Waals surface area contributed by atoms with E-state index in [0.717, 1.165) is 26.1 Å². The van der Waals surface area contributed by atoms with Crippen LogP contribution in [0.3, 0.4) is 0 Å². The molecule has 0 aromatic carbocycles. The molecule has 2 heterocycles. The first-order valence-electron chi connectivity index (χ1n) is 4.51. The maximum atomic E-state index is 9.23. The molecule has 0 spiro atoms. The number of ether oxygens (including phenoxy) is 1. The van der Waals surface area contributed by atoms with Gasteiger partial charge in [-0.1, -0.05) is 0 Å². The second-order valence-electron chi connectivity index (χ2n) is 3.39. The number of aliphatic hydroxyl groups is 1. The third-order valence-electron chi connectivity index (χ3n) is 2.42. The highest BCUT2D eigenvalue weighted by Gasteiger charge is 2.29. The van der Waals surface area contributed by atoms with Crippen molar-refractivity contribution in [3.63, 3.8) is 0 Å². The van der Waals surface area contributed by atoms with E-state index in [-0.39, 0.29) is 6.10 Å². The quantitative estimate of drug-likeness (QED) is 0.595. The normalized spacial score (nSPS) is 34.2. The Morgan fingerprint density at radius 1 is 1.25 bits per heavy atom. The van der Waals surface area contributed by atoms with Crippen LogP contribution in [0, 0.1) is 0 Å². The number of hydrogen-bond acceptors (Lipinski definition) is 4. The van der Waals surface area contributed by atoms with E-state index in [9.17, 15) is 5.11 Å². The lowest BCUT2D eigenvalue weighted by Crippen LogP contribution is -2.37. The van der Waals surface area contributed by atoms with Crippen molar-refractivity contribution >= 4 is 0 Å². The van der Waals surface area contributed by atoms with Gasteiger partial charge in [0.25, 0.3) is 0 Å². The Hall–Kier alpha value is -0.160. The number of hydrogen-bond donors (Lipinski definition) is 1. The zero-order chi connectivity index (χ0) is 8.39. The number of hydroxylamine groups is 2. The molecule has 0 aromatic heterocycles. The molecule has 2 rings (SSSR count). The molecule has 4 heteroatoms. The topological polar surface area (TPSA) is 41.9 Å². The van der Waals surface area contributed by atoms with Crippen LogP contribution in [0.5, 0.6) is 0 Å². The third kappa shape index (κ3) is 1.77. The molecule has 4 nitrogen and oxygen atoms in total. The molecule has 0 amide bonds. The lowest BCUT2D eigenvalue weighted by atomic mass is 10.1. The smallest absolute Gasteiger partial charge is 0.0958 e. The Balaban J connectivity index is 1.83. The van der Waals surface area contributed by atoms with Crippen molar-refractivity contribution in [2.45, 2.75) is 25.0 Å². The van der Waals surface area contributed by atoms with E-state index in [2.05, 4.69) is 0 Å². The fourth-order valence-corrected chi connectivity index (χ4v) is 1.72. The minimum Gasteiger partial charge on any atom is -0.389 e. The number of β-amino-alcohol motifs (C(OH)–C–C–N with tert-alkyl or cyclic N) is 1. The van der Waals surface area contributed by atoms with Crippen LogP contribution >= 0.6 is 0 Å². The summed E-state index contributed by atoms with van der Waals surface area (Å²) in [6.45, 7) is 2.75. The van der Waals surface area contributed by atoms with E-state index in [1.165, 1.54) is 0 Å². The van der Waals surface area contributed by atoms with E-state index in [4.69, 9.17) is 9.57 Å². The predicted octanol–water partition coefficient (Wildman–Crippen LogP) is -0.227. The van der Waals surface area contributed by atoms with Crippen LogP contribution in [-0.4, -0.2) is 48.7 Å². The van der Waals surface area contributed by atoms with Crippen molar-refractivity contribution in [1.29, 1.82) is 0 Å².